The molecule has 0 atom stereocenters. The van der Waals surface area contributed by atoms with Crippen LogP contribution >= 0.6 is 0 Å². The highest BCUT2D eigenvalue weighted by molar-refractivity contribution is 5.78. The molecule has 0 bridgehead atoms. The van der Waals surface area contributed by atoms with E-state index < -0.39 is 39.6 Å². The van der Waals surface area contributed by atoms with Crippen LogP contribution in [0.5, 0.6) is 11.5 Å². The van der Waals surface area contributed by atoms with Gasteiger partial charge in [0.25, 0.3) is 0 Å². The molecular formula is C9H7F2NO6. The number of benzene rings is 1. The predicted octanol–water partition coefficient (Wildman–Crippen LogP) is 1.49. The highest BCUT2D eigenvalue weighted by Crippen LogP contribution is 2.41. The van der Waals surface area contributed by atoms with Gasteiger partial charge in [-0.25, -0.2) is 4.79 Å². The van der Waals surface area contributed by atoms with Crippen molar-refractivity contribution in [2.45, 2.75) is 5.92 Å². The van der Waals surface area contributed by atoms with Gasteiger partial charge in [0, 0.05) is 11.6 Å². The third-order valence-electron chi connectivity index (χ3n) is 2.10. The summed E-state index contributed by atoms with van der Waals surface area (Å²) in [6.07, 6.45) is 0. The first kappa shape index (κ1) is 13.6. The van der Waals surface area contributed by atoms with Gasteiger partial charge in [0.1, 0.15) is 0 Å². The van der Waals surface area contributed by atoms with E-state index in [1.807, 2.05) is 0 Å². The van der Waals surface area contributed by atoms with Crippen molar-refractivity contribution < 1.29 is 33.4 Å². The van der Waals surface area contributed by atoms with Gasteiger partial charge in [0.2, 0.25) is 5.75 Å². The second-order valence-corrected chi connectivity index (χ2v) is 3.18. The number of nitrogens with zero attached hydrogens (tertiary/aromatic N) is 1. The minimum Gasteiger partial charge on any atom is -0.500 e. The van der Waals surface area contributed by atoms with Gasteiger partial charge in [0.15, 0.2) is 5.75 Å². The lowest BCUT2D eigenvalue weighted by Crippen LogP contribution is -2.25. The number of hydrogen-bond acceptors (Lipinski definition) is 5. The molecule has 2 N–H and O–H groups in total. The van der Waals surface area contributed by atoms with Crippen LogP contribution in [-0.2, 0) is 10.7 Å². The summed E-state index contributed by atoms with van der Waals surface area (Å²) in [5.41, 5.74) is -2.22. The number of aromatic hydroxyl groups is 1. The van der Waals surface area contributed by atoms with Crippen LogP contribution in [0.2, 0.25) is 0 Å². The van der Waals surface area contributed by atoms with Crippen molar-refractivity contribution in [1.29, 1.82) is 0 Å². The highest BCUT2D eigenvalue weighted by atomic mass is 19.3. The molecule has 18 heavy (non-hydrogen) atoms. The Kier molecular flexibility index (Phi) is 3.35. The number of phenols is 1. The fourth-order valence-corrected chi connectivity index (χ4v) is 1.19. The average molecular weight is 263 g/mol. The molecule has 0 saturated carbocycles. The Morgan fingerprint density at radius 1 is 1.50 bits per heavy atom. The molecule has 0 amide bonds. The normalized spacial score (nSPS) is 11.1. The van der Waals surface area contributed by atoms with Crippen LogP contribution in [0.1, 0.15) is 5.56 Å². The number of carboxylic acid groups (broad SMARTS) is 1. The molecule has 0 aliphatic rings. The van der Waals surface area contributed by atoms with Gasteiger partial charge in [-0.05, 0) is 6.07 Å². The maximum atomic E-state index is 13.2. The summed E-state index contributed by atoms with van der Waals surface area (Å²) >= 11 is 0. The molecule has 1 rings (SSSR count). The maximum absolute atomic E-state index is 13.2. The first-order valence-corrected chi connectivity index (χ1v) is 4.39. The Morgan fingerprint density at radius 3 is 2.44 bits per heavy atom. The molecule has 0 saturated heterocycles. The number of alkyl halides is 2. The van der Waals surface area contributed by atoms with Crippen molar-refractivity contribution in [3.63, 3.8) is 0 Å². The van der Waals surface area contributed by atoms with E-state index in [0.717, 1.165) is 7.11 Å². The van der Waals surface area contributed by atoms with Gasteiger partial charge in [-0.1, -0.05) is 0 Å². The van der Waals surface area contributed by atoms with E-state index >= 15 is 0 Å². The Bertz CT molecular complexity index is 516. The van der Waals surface area contributed by atoms with Gasteiger partial charge in [-0.2, -0.15) is 8.78 Å². The van der Waals surface area contributed by atoms with Gasteiger partial charge in [-0.3, -0.25) is 10.1 Å². The standard InChI is InChI=1S/C9H7F2NO6/c1-18-6-3-4(9(10,11)8(14)15)2-5(7(6)13)12(16)17/h2-3,13H,1H3,(H,14,15). The van der Waals surface area contributed by atoms with E-state index in [1.54, 1.807) is 0 Å². The summed E-state index contributed by atoms with van der Waals surface area (Å²) in [5, 5.41) is 28.2. The number of rotatable bonds is 4. The zero-order valence-electron chi connectivity index (χ0n) is 8.89. The summed E-state index contributed by atoms with van der Waals surface area (Å²) in [6.45, 7) is 0. The van der Waals surface area contributed by atoms with E-state index in [2.05, 4.69) is 4.74 Å². The number of methoxy groups -OCH3 is 1. The number of hydrogen-bond donors (Lipinski definition) is 2. The fraction of sp³-hybridized carbons (Fsp3) is 0.222. The van der Waals surface area contributed by atoms with E-state index in [0.29, 0.717) is 6.07 Å². The molecular weight excluding hydrogens is 256 g/mol. The fourth-order valence-electron chi connectivity index (χ4n) is 1.19. The van der Waals surface area contributed by atoms with E-state index in [4.69, 9.17) is 5.11 Å². The second kappa shape index (κ2) is 4.43. The number of aliphatic carboxylic acids is 1. The van der Waals surface area contributed by atoms with Crippen LogP contribution in [-0.4, -0.2) is 28.2 Å². The second-order valence-electron chi connectivity index (χ2n) is 3.18. The Labute approximate surface area is 98.4 Å². The van der Waals surface area contributed by atoms with E-state index in [9.17, 15) is 28.8 Å². The number of halogens is 2. The van der Waals surface area contributed by atoms with Crippen LogP contribution in [0.25, 0.3) is 0 Å². The monoisotopic (exact) mass is 263 g/mol. The van der Waals surface area contributed by atoms with Crippen LogP contribution in [0, 0.1) is 10.1 Å². The van der Waals surface area contributed by atoms with Crippen molar-refractivity contribution in [3.05, 3.63) is 27.8 Å². The molecule has 0 unspecified atom stereocenters. The first-order valence-electron chi connectivity index (χ1n) is 4.39. The third-order valence-corrected chi connectivity index (χ3v) is 2.10. The first-order chi connectivity index (χ1) is 8.21. The molecule has 1 aromatic carbocycles. The van der Waals surface area contributed by atoms with Gasteiger partial charge >= 0.3 is 17.6 Å². The molecule has 0 fully saturated rings. The number of nitro groups is 1. The van der Waals surface area contributed by atoms with Crippen molar-refractivity contribution in [1.82, 2.24) is 0 Å². The Balaban J connectivity index is 3.53. The summed E-state index contributed by atoms with van der Waals surface area (Å²) < 4.78 is 30.9. The molecule has 0 spiro atoms. The van der Waals surface area contributed by atoms with Crippen LogP contribution in [0.3, 0.4) is 0 Å². The third kappa shape index (κ3) is 2.14. The van der Waals surface area contributed by atoms with Crippen LogP contribution < -0.4 is 4.74 Å². The van der Waals surface area contributed by atoms with Crippen LogP contribution in [0.4, 0.5) is 14.5 Å². The highest BCUT2D eigenvalue weighted by Gasteiger charge is 2.43. The number of carboxylic acids is 1. The largest absolute Gasteiger partial charge is 0.500 e. The molecule has 0 aromatic heterocycles. The summed E-state index contributed by atoms with van der Waals surface area (Å²) in [6, 6.07) is 0.808. The summed E-state index contributed by atoms with van der Waals surface area (Å²) in [7, 11) is 0.988. The van der Waals surface area contributed by atoms with Gasteiger partial charge in [0.05, 0.1) is 12.0 Å². The number of phenolic OH excluding ortho intramolecular Hbond substituents is 1. The topological polar surface area (TPSA) is 110 Å². The van der Waals surface area contributed by atoms with Gasteiger partial charge < -0.3 is 14.9 Å². The summed E-state index contributed by atoms with van der Waals surface area (Å²) in [4.78, 5) is 19.8. The van der Waals surface area contributed by atoms with Crippen LogP contribution in [0.15, 0.2) is 12.1 Å². The molecule has 1 aromatic rings. The smallest absolute Gasteiger partial charge is 0.379 e. The predicted molar refractivity (Wildman–Crippen MR) is 52.8 cm³/mol. The Morgan fingerprint density at radius 2 is 2.06 bits per heavy atom. The number of ether oxygens (including phenoxy) is 1. The van der Waals surface area contributed by atoms with E-state index in [1.165, 1.54) is 0 Å². The SMILES string of the molecule is COc1cc(C(F)(F)C(=O)O)cc([N+](=O)[O-])c1O. The maximum Gasteiger partial charge on any atom is 0.379 e. The van der Waals surface area contributed by atoms with Crippen molar-refractivity contribution in [2.75, 3.05) is 7.11 Å². The molecule has 0 aliphatic carbocycles. The lowest BCUT2D eigenvalue weighted by Gasteiger charge is -2.13. The zero-order chi connectivity index (χ0) is 14.1. The minimum atomic E-state index is -4.33. The van der Waals surface area contributed by atoms with Crippen molar-refractivity contribution in [3.8, 4) is 11.5 Å². The molecule has 0 heterocycles. The number of carbonyl (C=O) groups is 1. The Hall–Kier alpha value is -2.45. The lowest BCUT2D eigenvalue weighted by molar-refractivity contribution is -0.386. The average Bonchev–Trinajstić information content (AvgIpc) is 2.28. The molecule has 9 heteroatoms. The van der Waals surface area contributed by atoms with Gasteiger partial charge in [-0.15, -0.1) is 0 Å². The minimum absolute atomic E-state index is 0.284. The molecule has 0 radical (unpaired) electrons. The van der Waals surface area contributed by atoms with Crippen molar-refractivity contribution in [2.24, 2.45) is 0 Å². The number of nitro benzene ring substituents is 1. The quantitative estimate of drug-likeness (QED) is 0.629. The summed E-state index contributed by atoms with van der Waals surface area (Å²) in [5.74, 6) is -8.36. The molecule has 7 nitrogen and oxygen atoms in total. The lowest BCUT2D eigenvalue weighted by atomic mass is 10.1. The van der Waals surface area contributed by atoms with Crippen molar-refractivity contribution >= 4 is 11.7 Å². The van der Waals surface area contributed by atoms with E-state index in [-0.39, 0.29) is 6.07 Å². The zero-order valence-corrected chi connectivity index (χ0v) is 8.89. The molecule has 0 aliphatic heterocycles. The molecule has 98 valence electrons.